The lowest BCUT2D eigenvalue weighted by atomic mass is 10.2. The molecule has 0 saturated heterocycles. The van der Waals surface area contributed by atoms with Crippen molar-refractivity contribution >= 4 is 96.2 Å². The SMILES string of the molecule is COc1ccc(-n2nc3cc(C)c(NC(=S)NC(=O)c4sc5cc(Cl)ccc5c4Cl)cc3n2)cc1Cl. The lowest BCUT2D eigenvalue weighted by Gasteiger charge is -2.11. The van der Waals surface area contributed by atoms with Gasteiger partial charge in [0.1, 0.15) is 21.7 Å². The lowest BCUT2D eigenvalue weighted by molar-refractivity contribution is 0.0982. The van der Waals surface area contributed by atoms with Crippen molar-refractivity contribution in [2.45, 2.75) is 6.92 Å². The molecule has 0 aliphatic rings. The summed E-state index contributed by atoms with van der Waals surface area (Å²) in [6.45, 7) is 1.90. The number of rotatable bonds is 4. The molecule has 0 saturated carbocycles. The van der Waals surface area contributed by atoms with Gasteiger partial charge in [-0.15, -0.1) is 21.5 Å². The third-order valence-electron chi connectivity index (χ3n) is 5.37. The highest BCUT2D eigenvalue weighted by Gasteiger charge is 2.19. The van der Waals surface area contributed by atoms with Crippen molar-refractivity contribution in [1.82, 2.24) is 20.3 Å². The smallest absolute Gasteiger partial charge is 0.269 e. The Labute approximate surface area is 229 Å². The topological polar surface area (TPSA) is 81.1 Å². The highest BCUT2D eigenvalue weighted by atomic mass is 35.5. The average Bonchev–Trinajstić information content (AvgIpc) is 3.39. The summed E-state index contributed by atoms with van der Waals surface area (Å²) in [7, 11) is 1.55. The van der Waals surface area contributed by atoms with Gasteiger partial charge >= 0.3 is 0 Å². The third-order valence-corrected chi connectivity index (χ3v) is 7.76. The summed E-state index contributed by atoms with van der Waals surface area (Å²) in [5, 5.41) is 17.1. The molecule has 5 aromatic rings. The molecule has 36 heavy (non-hydrogen) atoms. The van der Waals surface area contributed by atoms with Crippen LogP contribution in [-0.4, -0.2) is 33.1 Å². The number of ether oxygens (including phenoxy) is 1. The Morgan fingerprint density at radius 3 is 2.53 bits per heavy atom. The molecule has 2 aromatic heterocycles. The minimum Gasteiger partial charge on any atom is -0.495 e. The number of methoxy groups -OCH3 is 1. The fourth-order valence-corrected chi connectivity index (χ4v) is 5.74. The van der Waals surface area contributed by atoms with Crippen LogP contribution >= 0.6 is 58.4 Å². The lowest BCUT2D eigenvalue weighted by Crippen LogP contribution is -2.34. The van der Waals surface area contributed by atoms with E-state index in [1.165, 1.54) is 16.1 Å². The van der Waals surface area contributed by atoms with E-state index in [2.05, 4.69) is 20.8 Å². The number of amides is 1. The molecule has 0 unspecified atom stereocenters. The van der Waals surface area contributed by atoms with E-state index in [9.17, 15) is 4.79 Å². The Kier molecular flexibility index (Phi) is 6.76. The van der Waals surface area contributed by atoms with E-state index in [1.54, 1.807) is 37.4 Å². The number of nitrogens with one attached hydrogen (secondary N) is 2. The fraction of sp³-hybridized carbons (Fsp3) is 0.0833. The number of carbonyl (C=O) groups is 1. The second-order valence-electron chi connectivity index (χ2n) is 7.76. The van der Waals surface area contributed by atoms with Gasteiger partial charge < -0.3 is 10.1 Å². The van der Waals surface area contributed by atoms with E-state index in [0.29, 0.717) is 48.1 Å². The fourth-order valence-electron chi connectivity index (χ4n) is 3.60. The number of fused-ring (bicyclic) bond motifs is 2. The number of hydrogen-bond acceptors (Lipinski definition) is 6. The van der Waals surface area contributed by atoms with Crippen molar-refractivity contribution in [2.24, 2.45) is 0 Å². The van der Waals surface area contributed by atoms with Gasteiger partial charge in [-0.2, -0.15) is 4.80 Å². The molecular weight excluding hydrogens is 561 g/mol. The molecule has 0 spiro atoms. The highest BCUT2D eigenvalue weighted by Crippen LogP contribution is 2.36. The Bertz CT molecular complexity index is 1680. The minimum absolute atomic E-state index is 0.128. The first-order chi connectivity index (χ1) is 17.2. The molecule has 2 heterocycles. The number of aryl methyl sites for hydroxylation is 1. The molecule has 0 fully saturated rings. The van der Waals surface area contributed by atoms with Crippen LogP contribution in [0.25, 0.3) is 26.8 Å². The summed E-state index contributed by atoms with van der Waals surface area (Å²) in [5.74, 6) is 0.159. The van der Waals surface area contributed by atoms with Gasteiger partial charge in [-0.25, -0.2) is 0 Å². The number of thiophene rings is 1. The third kappa shape index (κ3) is 4.72. The van der Waals surface area contributed by atoms with Crippen molar-refractivity contribution in [3.05, 3.63) is 74.0 Å². The van der Waals surface area contributed by atoms with Crippen molar-refractivity contribution in [2.75, 3.05) is 12.4 Å². The normalized spacial score (nSPS) is 11.1. The van der Waals surface area contributed by atoms with Gasteiger partial charge in [0.25, 0.3) is 5.91 Å². The quantitative estimate of drug-likeness (QED) is 0.223. The number of anilines is 1. The molecule has 0 radical (unpaired) electrons. The van der Waals surface area contributed by atoms with Crippen molar-refractivity contribution in [3.63, 3.8) is 0 Å². The number of thiocarbonyl (C=S) groups is 1. The molecule has 1 amide bonds. The number of hydrogen-bond donors (Lipinski definition) is 2. The van der Waals surface area contributed by atoms with Gasteiger partial charge in [-0.3, -0.25) is 10.1 Å². The van der Waals surface area contributed by atoms with Crippen molar-refractivity contribution in [3.8, 4) is 11.4 Å². The summed E-state index contributed by atoms with van der Waals surface area (Å²) in [5.41, 5.74) is 3.56. The molecule has 0 aliphatic heterocycles. The molecule has 3 aromatic carbocycles. The van der Waals surface area contributed by atoms with Crippen LogP contribution in [0, 0.1) is 6.92 Å². The van der Waals surface area contributed by atoms with Gasteiger partial charge in [-0.05, 0) is 67.2 Å². The second-order valence-corrected chi connectivity index (χ2v) is 10.4. The van der Waals surface area contributed by atoms with Crippen LogP contribution in [0.4, 0.5) is 5.69 Å². The zero-order chi connectivity index (χ0) is 25.6. The van der Waals surface area contributed by atoms with E-state index >= 15 is 0 Å². The van der Waals surface area contributed by atoms with Crippen LogP contribution in [-0.2, 0) is 0 Å². The zero-order valence-electron chi connectivity index (χ0n) is 18.7. The summed E-state index contributed by atoms with van der Waals surface area (Å²) < 4.78 is 6.02. The Morgan fingerprint density at radius 1 is 1.06 bits per heavy atom. The van der Waals surface area contributed by atoms with Gasteiger partial charge in [0.05, 0.1) is 22.8 Å². The maximum absolute atomic E-state index is 12.9. The molecular formula is C24H16Cl3N5O2S2. The van der Waals surface area contributed by atoms with Crippen LogP contribution in [0.2, 0.25) is 15.1 Å². The van der Waals surface area contributed by atoms with Crippen LogP contribution in [0.3, 0.4) is 0 Å². The number of benzene rings is 3. The van der Waals surface area contributed by atoms with Crippen LogP contribution < -0.4 is 15.4 Å². The molecule has 182 valence electrons. The van der Waals surface area contributed by atoms with Gasteiger partial charge in [-0.1, -0.05) is 40.9 Å². The van der Waals surface area contributed by atoms with Gasteiger partial charge in [0, 0.05) is 20.8 Å². The van der Waals surface area contributed by atoms with E-state index in [4.69, 9.17) is 51.8 Å². The molecule has 12 heteroatoms. The number of aromatic nitrogens is 3. The monoisotopic (exact) mass is 575 g/mol. The summed E-state index contributed by atoms with van der Waals surface area (Å²) >= 11 is 25.4. The van der Waals surface area contributed by atoms with Gasteiger partial charge in [0.15, 0.2) is 5.11 Å². The predicted octanol–water partition coefficient (Wildman–Crippen LogP) is 7.04. The van der Waals surface area contributed by atoms with E-state index in [0.717, 1.165) is 15.6 Å². The Hall–Kier alpha value is -2.95. The largest absolute Gasteiger partial charge is 0.495 e. The van der Waals surface area contributed by atoms with Crippen molar-refractivity contribution < 1.29 is 9.53 Å². The standard InChI is InChI=1S/C24H16Cl3N5O2S2/c1-11-7-17-18(31-32(30-17)13-4-6-19(34-2)15(26)9-13)10-16(11)28-24(35)29-23(33)22-21(27)14-5-3-12(25)8-20(14)36-22/h3-10H,1-2H3,(H2,28,29,33,35). The van der Waals surface area contributed by atoms with E-state index in [-0.39, 0.29) is 5.11 Å². The molecule has 0 bridgehead atoms. The number of carbonyl (C=O) groups excluding carboxylic acids is 1. The van der Waals surface area contributed by atoms with Crippen LogP contribution in [0.5, 0.6) is 5.75 Å². The minimum atomic E-state index is -0.407. The first-order valence-electron chi connectivity index (χ1n) is 10.4. The number of halogens is 3. The summed E-state index contributed by atoms with van der Waals surface area (Å²) in [4.78, 5) is 14.7. The highest BCUT2D eigenvalue weighted by molar-refractivity contribution is 7.80. The number of nitrogens with zero attached hydrogens (tertiary/aromatic N) is 3. The summed E-state index contributed by atoms with van der Waals surface area (Å²) in [6.07, 6.45) is 0. The Morgan fingerprint density at radius 2 is 1.81 bits per heavy atom. The Balaban J connectivity index is 1.36. The average molecular weight is 577 g/mol. The predicted molar refractivity (Wildman–Crippen MR) is 151 cm³/mol. The van der Waals surface area contributed by atoms with Gasteiger partial charge in [0.2, 0.25) is 0 Å². The second kappa shape index (κ2) is 9.84. The van der Waals surface area contributed by atoms with E-state index < -0.39 is 5.91 Å². The molecule has 2 N–H and O–H groups in total. The summed E-state index contributed by atoms with van der Waals surface area (Å²) in [6, 6.07) is 14.3. The van der Waals surface area contributed by atoms with E-state index in [1.807, 2.05) is 25.1 Å². The first kappa shape index (κ1) is 24.7. The molecule has 7 nitrogen and oxygen atoms in total. The molecule has 0 atom stereocenters. The van der Waals surface area contributed by atoms with Crippen LogP contribution in [0.15, 0.2) is 48.5 Å². The molecule has 5 rings (SSSR count). The molecule has 0 aliphatic carbocycles. The maximum atomic E-state index is 12.9. The first-order valence-corrected chi connectivity index (χ1v) is 12.8. The maximum Gasteiger partial charge on any atom is 0.269 e. The zero-order valence-corrected chi connectivity index (χ0v) is 22.6. The van der Waals surface area contributed by atoms with Crippen molar-refractivity contribution in [1.29, 1.82) is 0 Å². The van der Waals surface area contributed by atoms with Crippen LogP contribution in [0.1, 0.15) is 15.2 Å².